The average molecular weight is 267 g/mol. The van der Waals surface area contributed by atoms with Gasteiger partial charge in [0, 0.05) is 25.3 Å². The molecule has 2 heterocycles. The first-order valence-electron chi connectivity index (χ1n) is 6.79. The zero-order chi connectivity index (χ0) is 14.0. The second-order valence-corrected chi connectivity index (χ2v) is 5.57. The van der Waals surface area contributed by atoms with Gasteiger partial charge in [0.1, 0.15) is 11.9 Å². The lowest BCUT2D eigenvalue weighted by molar-refractivity contribution is 0.105. The maximum absolute atomic E-state index is 14.1. The van der Waals surface area contributed by atoms with Crippen LogP contribution < -0.4 is 10.9 Å². The van der Waals surface area contributed by atoms with E-state index in [1.165, 1.54) is 0 Å². The zero-order valence-corrected chi connectivity index (χ0v) is 11.8. The Kier molecular flexibility index (Phi) is 4.24. The Balaban J connectivity index is 2.27. The van der Waals surface area contributed by atoms with Gasteiger partial charge in [-0.25, -0.2) is 4.39 Å². The van der Waals surface area contributed by atoms with Gasteiger partial charge in [-0.3, -0.25) is 4.79 Å². The number of nitrogens with one attached hydrogen (secondary N) is 1. The number of halogens is 1. The van der Waals surface area contributed by atoms with E-state index in [9.17, 15) is 9.18 Å². The summed E-state index contributed by atoms with van der Waals surface area (Å²) in [5, 5.41) is 3.11. The molecule has 0 spiro atoms. The highest BCUT2D eigenvalue weighted by Crippen LogP contribution is 2.23. The van der Waals surface area contributed by atoms with Crippen molar-refractivity contribution in [2.24, 2.45) is 0 Å². The highest BCUT2D eigenvalue weighted by molar-refractivity contribution is 5.41. The molecule has 1 N–H and O–H groups in total. The van der Waals surface area contributed by atoms with E-state index in [1.807, 2.05) is 25.8 Å². The van der Waals surface area contributed by atoms with Crippen LogP contribution in [-0.4, -0.2) is 41.8 Å². The van der Waals surface area contributed by atoms with Gasteiger partial charge in [-0.05, 0) is 39.4 Å². The standard InChI is InChI=1S/C14H22FN3O/c1-10(2)16-12-5-4-7-18(14(12)19)13-6-8-17(3)9-11(13)15/h4-5,7,10-11,13,16H,6,8-9H2,1-3H3/t11-,13+/m0/s1. The van der Waals surface area contributed by atoms with Gasteiger partial charge in [0.25, 0.3) is 5.56 Å². The van der Waals surface area contributed by atoms with Crippen molar-refractivity contribution in [1.29, 1.82) is 0 Å². The van der Waals surface area contributed by atoms with Gasteiger partial charge in [-0.2, -0.15) is 0 Å². The van der Waals surface area contributed by atoms with Gasteiger partial charge in [-0.1, -0.05) is 0 Å². The van der Waals surface area contributed by atoms with Crippen LogP contribution in [0, 0.1) is 0 Å². The van der Waals surface area contributed by atoms with Crippen LogP contribution in [0.1, 0.15) is 26.3 Å². The van der Waals surface area contributed by atoms with Gasteiger partial charge in [0.15, 0.2) is 0 Å². The van der Waals surface area contributed by atoms with Crippen LogP contribution in [0.2, 0.25) is 0 Å². The minimum atomic E-state index is -0.995. The summed E-state index contributed by atoms with van der Waals surface area (Å²) in [4.78, 5) is 14.3. The van der Waals surface area contributed by atoms with E-state index < -0.39 is 6.17 Å². The van der Waals surface area contributed by atoms with Crippen LogP contribution in [0.25, 0.3) is 0 Å². The molecule has 1 aromatic heterocycles. The summed E-state index contributed by atoms with van der Waals surface area (Å²) in [6.07, 6.45) is 1.37. The van der Waals surface area contributed by atoms with E-state index in [0.29, 0.717) is 18.7 Å². The summed E-state index contributed by atoms with van der Waals surface area (Å²) in [7, 11) is 1.91. The van der Waals surface area contributed by atoms with E-state index >= 15 is 0 Å². The molecule has 5 heteroatoms. The second kappa shape index (κ2) is 5.74. The molecule has 1 aliphatic rings. The number of aromatic nitrogens is 1. The Bertz CT molecular complexity index is 486. The van der Waals surface area contributed by atoms with E-state index in [0.717, 1.165) is 6.54 Å². The predicted octanol–water partition coefficient (Wildman–Crippen LogP) is 1.88. The number of pyridine rings is 1. The molecule has 0 radical (unpaired) electrons. The highest BCUT2D eigenvalue weighted by Gasteiger charge is 2.29. The van der Waals surface area contributed by atoms with Gasteiger partial charge < -0.3 is 14.8 Å². The fraction of sp³-hybridized carbons (Fsp3) is 0.643. The molecule has 0 unspecified atom stereocenters. The van der Waals surface area contributed by atoms with Crippen LogP contribution in [0.15, 0.2) is 23.1 Å². The summed E-state index contributed by atoms with van der Waals surface area (Å²) < 4.78 is 15.7. The minimum absolute atomic E-state index is 0.131. The molecule has 1 saturated heterocycles. The van der Waals surface area contributed by atoms with E-state index in [1.54, 1.807) is 22.9 Å². The van der Waals surface area contributed by atoms with Gasteiger partial charge in [-0.15, -0.1) is 0 Å². The van der Waals surface area contributed by atoms with Crippen molar-refractivity contribution in [2.45, 2.75) is 38.5 Å². The lowest BCUT2D eigenvalue weighted by Gasteiger charge is -2.33. The zero-order valence-electron chi connectivity index (χ0n) is 11.8. The third-order valence-electron chi connectivity index (χ3n) is 3.49. The van der Waals surface area contributed by atoms with Gasteiger partial charge in [0.05, 0.1) is 6.04 Å². The molecule has 2 rings (SSSR count). The molecule has 4 nitrogen and oxygen atoms in total. The van der Waals surface area contributed by atoms with Crippen LogP contribution in [-0.2, 0) is 0 Å². The molecule has 0 aromatic carbocycles. The monoisotopic (exact) mass is 267 g/mol. The second-order valence-electron chi connectivity index (χ2n) is 5.57. The van der Waals surface area contributed by atoms with Crippen LogP contribution in [0.4, 0.5) is 10.1 Å². The fourth-order valence-corrected chi connectivity index (χ4v) is 2.55. The first-order chi connectivity index (χ1) is 8.99. The first-order valence-corrected chi connectivity index (χ1v) is 6.79. The van der Waals surface area contributed by atoms with E-state index in [2.05, 4.69) is 5.32 Å². The highest BCUT2D eigenvalue weighted by atomic mass is 19.1. The van der Waals surface area contributed by atoms with Crippen molar-refractivity contribution in [3.05, 3.63) is 28.7 Å². The minimum Gasteiger partial charge on any atom is -0.378 e. The summed E-state index contributed by atoms with van der Waals surface area (Å²) in [6, 6.07) is 3.39. The quantitative estimate of drug-likeness (QED) is 0.908. The molecular weight excluding hydrogens is 245 g/mol. The Labute approximate surface area is 113 Å². The topological polar surface area (TPSA) is 37.3 Å². The lowest BCUT2D eigenvalue weighted by Crippen LogP contribution is -2.43. The third-order valence-corrected chi connectivity index (χ3v) is 3.49. The number of piperidine rings is 1. The van der Waals surface area contributed by atoms with Crippen LogP contribution in [0.5, 0.6) is 0 Å². The molecule has 0 amide bonds. The number of likely N-dealkylation sites (tertiary alicyclic amines) is 1. The molecule has 1 fully saturated rings. The fourth-order valence-electron chi connectivity index (χ4n) is 2.55. The van der Waals surface area contributed by atoms with Crippen molar-refractivity contribution in [3.63, 3.8) is 0 Å². The number of alkyl halides is 1. The Morgan fingerprint density at radius 1 is 1.47 bits per heavy atom. The molecule has 1 aromatic rings. The van der Waals surface area contributed by atoms with E-state index in [4.69, 9.17) is 0 Å². The molecule has 1 aliphatic heterocycles. The molecular formula is C14H22FN3O. The summed E-state index contributed by atoms with van der Waals surface area (Å²) in [5.41, 5.74) is 0.414. The van der Waals surface area contributed by atoms with Crippen molar-refractivity contribution >= 4 is 5.69 Å². The average Bonchev–Trinajstić information content (AvgIpc) is 2.32. The third kappa shape index (κ3) is 3.15. The van der Waals surface area contributed by atoms with E-state index in [-0.39, 0.29) is 17.6 Å². The molecule has 0 bridgehead atoms. The first kappa shape index (κ1) is 14.1. The van der Waals surface area contributed by atoms with Crippen molar-refractivity contribution in [1.82, 2.24) is 9.47 Å². The maximum atomic E-state index is 14.1. The normalized spacial score (nSPS) is 24.7. The Hall–Kier alpha value is -1.36. The van der Waals surface area contributed by atoms with Crippen molar-refractivity contribution < 1.29 is 4.39 Å². The summed E-state index contributed by atoms with van der Waals surface area (Å²) >= 11 is 0. The summed E-state index contributed by atoms with van der Waals surface area (Å²) in [6.45, 7) is 5.16. The number of nitrogens with zero attached hydrogens (tertiary/aromatic N) is 2. The molecule has 0 aliphatic carbocycles. The Morgan fingerprint density at radius 2 is 2.21 bits per heavy atom. The maximum Gasteiger partial charge on any atom is 0.274 e. The molecule has 2 atom stereocenters. The predicted molar refractivity (Wildman–Crippen MR) is 75.5 cm³/mol. The molecule has 19 heavy (non-hydrogen) atoms. The van der Waals surface area contributed by atoms with Gasteiger partial charge in [0.2, 0.25) is 0 Å². The Morgan fingerprint density at radius 3 is 2.84 bits per heavy atom. The van der Waals surface area contributed by atoms with Crippen molar-refractivity contribution in [3.8, 4) is 0 Å². The SMILES string of the molecule is CC(C)Nc1cccn([C@@H]2CCN(C)C[C@@H]2F)c1=O. The van der Waals surface area contributed by atoms with Crippen LogP contribution in [0.3, 0.4) is 0 Å². The van der Waals surface area contributed by atoms with Crippen LogP contribution >= 0.6 is 0 Å². The molecule has 0 saturated carbocycles. The largest absolute Gasteiger partial charge is 0.378 e. The smallest absolute Gasteiger partial charge is 0.274 e. The number of anilines is 1. The van der Waals surface area contributed by atoms with Crippen molar-refractivity contribution in [2.75, 3.05) is 25.5 Å². The number of hydrogen-bond donors (Lipinski definition) is 1. The summed E-state index contributed by atoms with van der Waals surface area (Å²) in [5.74, 6) is 0. The number of hydrogen-bond acceptors (Lipinski definition) is 3. The lowest BCUT2D eigenvalue weighted by atomic mass is 10.0. The molecule has 106 valence electrons. The van der Waals surface area contributed by atoms with Gasteiger partial charge >= 0.3 is 0 Å². The number of rotatable bonds is 3.